The Morgan fingerprint density at radius 2 is 2.00 bits per heavy atom. The fraction of sp³-hybridized carbons (Fsp3) is 0.158. The normalized spacial score (nSPS) is 12.2. The van der Waals surface area contributed by atoms with Crippen LogP contribution in [0.25, 0.3) is 6.08 Å². The van der Waals surface area contributed by atoms with E-state index in [0.29, 0.717) is 17.1 Å². The number of ether oxygens (including phenoxy) is 3. The molecule has 134 valence electrons. The van der Waals surface area contributed by atoms with Gasteiger partial charge < -0.3 is 19.5 Å². The van der Waals surface area contributed by atoms with Crippen molar-refractivity contribution in [2.75, 3.05) is 13.4 Å². The van der Waals surface area contributed by atoms with Crippen molar-refractivity contribution in [2.24, 2.45) is 0 Å². The van der Waals surface area contributed by atoms with Gasteiger partial charge in [0.1, 0.15) is 5.82 Å². The summed E-state index contributed by atoms with van der Waals surface area (Å²) in [6, 6.07) is 11.1. The maximum Gasteiger partial charge on any atom is 0.331 e. The number of hydrogen-bond acceptors (Lipinski definition) is 5. The van der Waals surface area contributed by atoms with E-state index in [4.69, 9.17) is 14.2 Å². The summed E-state index contributed by atoms with van der Waals surface area (Å²) < 4.78 is 28.3. The van der Waals surface area contributed by atoms with Gasteiger partial charge in [-0.05, 0) is 41.5 Å². The van der Waals surface area contributed by atoms with Gasteiger partial charge in [-0.1, -0.05) is 18.2 Å². The average Bonchev–Trinajstić information content (AvgIpc) is 3.11. The molecule has 1 heterocycles. The number of amides is 1. The first-order valence-corrected chi connectivity index (χ1v) is 7.86. The largest absolute Gasteiger partial charge is 0.454 e. The van der Waals surface area contributed by atoms with Crippen LogP contribution in [0.15, 0.2) is 48.5 Å². The first kappa shape index (κ1) is 17.5. The summed E-state index contributed by atoms with van der Waals surface area (Å²) in [6.45, 7) is 0.0489. The lowest BCUT2D eigenvalue weighted by Crippen LogP contribution is -2.28. The van der Waals surface area contributed by atoms with E-state index in [2.05, 4.69) is 5.32 Å². The fourth-order valence-corrected chi connectivity index (χ4v) is 2.26. The zero-order valence-corrected chi connectivity index (χ0v) is 13.7. The van der Waals surface area contributed by atoms with Crippen LogP contribution in [0.5, 0.6) is 11.5 Å². The number of benzene rings is 2. The summed E-state index contributed by atoms with van der Waals surface area (Å²) in [5.74, 6) is -0.226. The highest BCUT2D eigenvalue weighted by atomic mass is 19.1. The summed E-state index contributed by atoms with van der Waals surface area (Å²) in [5.41, 5.74) is 1.36. The molecule has 0 aromatic heterocycles. The summed E-state index contributed by atoms with van der Waals surface area (Å²) in [5, 5.41) is 2.64. The van der Waals surface area contributed by atoms with Gasteiger partial charge >= 0.3 is 5.97 Å². The Morgan fingerprint density at radius 1 is 1.15 bits per heavy atom. The monoisotopic (exact) mass is 357 g/mol. The van der Waals surface area contributed by atoms with Crippen LogP contribution in [0.2, 0.25) is 0 Å². The number of carbonyl (C=O) groups is 2. The van der Waals surface area contributed by atoms with Gasteiger partial charge in [-0.25, -0.2) is 9.18 Å². The highest BCUT2D eigenvalue weighted by Crippen LogP contribution is 2.32. The van der Waals surface area contributed by atoms with Gasteiger partial charge in [0.15, 0.2) is 18.1 Å². The number of nitrogens with one attached hydrogen (secondary N) is 1. The predicted molar refractivity (Wildman–Crippen MR) is 90.8 cm³/mol. The molecule has 3 rings (SSSR count). The Balaban J connectivity index is 1.41. The topological polar surface area (TPSA) is 73.9 Å². The highest BCUT2D eigenvalue weighted by molar-refractivity contribution is 5.89. The summed E-state index contributed by atoms with van der Waals surface area (Å²) in [7, 11) is 0. The summed E-state index contributed by atoms with van der Waals surface area (Å²) in [4.78, 5) is 23.4. The number of hydrogen-bond donors (Lipinski definition) is 1. The number of rotatable bonds is 6. The molecule has 2 aromatic carbocycles. The molecule has 0 atom stereocenters. The van der Waals surface area contributed by atoms with Gasteiger partial charge in [0.2, 0.25) is 6.79 Å². The quantitative estimate of drug-likeness (QED) is 0.635. The second-order valence-electron chi connectivity index (χ2n) is 5.46. The minimum absolute atomic E-state index is 0.185. The molecule has 7 heteroatoms. The molecule has 0 radical (unpaired) electrons. The number of carbonyl (C=O) groups excluding carboxylic acids is 2. The van der Waals surface area contributed by atoms with Crippen LogP contribution < -0.4 is 14.8 Å². The second-order valence-corrected chi connectivity index (χ2v) is 5.46. The Hall–Kier alpha value is -3.35. The van der Waals surface area contributed by atoms with Gasteiger partial charge in [-0.3, -0.25) is 4.79 Å². The van der Waals surface area contributed by atoms with Crippen LogP contribution in [0.4, 0.5) is 4.39 Å². The number of halogens is 1. The zero-order valence-electron chi connectivity index (χ0n) is 13.7. The third kappa shape index (κ3) is 4.83. The van der Waals surface area contributed by atoms with Crippen LogP contribution in [0.1, 0.15) is 11.1 Å². The van der Waals surface area contributed by atoms with Crippen LogP contribution >= 0.6 is 0 Å². The lowest BCUT2D eigenvalue weighted by atomic mass is 10.2. The first-order valence-electron chi connectivity index (χ1n) is 7.86. The molecule has 26 heavy (non-hydrogen) atoms. The molecule has 1 aliphatic rings. The molecule has 6 nitrogen and oxygen atoms in total. The van der Waals surface area contributed by atoms with Gasteiger partial charge in [-0.15, -0.1) is 0 Å². The molecule has 1 amide bonds. The average molecular weight is 357 g/mol. The van der Waals surface area contributed by atoms with Crippen molar-refractivity contribution in [1.82, 2.24) is 5.32 Å². The smallest absolute Gasteiger partial charge is 0.331 e. The zero-order chi connectivity index (χ0) is 18.4. The molecular formula is C19H16FNO5. The first-order chi connectivity index (χ1) is 12.6. The van der Waals surface area contributed by atoms with Gasteiger partial charge in [0.25, 0.3) is 5.91 Å². The lowest BCUT2D eigenvalue weighted by Gasteiger charge is -2.06. The molecule has 0 saturated heterocycles. The molecule has 0 unspecified atom stereocenters. The SMILES string of the molecule is O=C(COC(=O)/C=C/c1cccc(F)c1)NCc1ccc2c(c1)OCO2. The van der Waals surface area contributed by atoms with Crippen molar-refractivity contribution in [3.8, 4) is 11.5 Å². The van der Waals surface area contributed by atoms with E-state index in [-0.39, 0.29) is 13.3 Å². The molecule has 1 aliphatic heterocycles. The molecule has 0 aliphatic carbocycles. The van der Waals surface area contributed by atoms with Crippen LogP contribution in [0.3, 0.4) is 0 Å². The van der Waals surface area contributed by atoms with Crippen LogP contribution in [-0.2, 0) is 20.9 Å². The van der Waals surface area contributed by atoms with E-state index in [9.17, 15) is 14.0 Å². The van der Waals surface area contributed by atoms with E-state index in [1.54, 1.807) is 18.2 Å². The Morgan fingerprint density at radius 3 is 2.85 bits per heavy atom. The molecular weight excluding hydrogens is 341 g/mol. The van der Waals surface area contributed by atoms with Crippen molar-refractivity contribution in [1.29, 1.82) is 0 Å². The van der Waals surface area contributed by atoms with E-state index in [1.165, 1.54) is 24.3 Å². The third-order valence-corrected chi connectivity index (χ3v) is 3.53. The van der Waals surface area contributed by atoms with E-state index >= 15 is 0 Å². The molecule has 0 fully saturated rings. The summed E-state index contributed by atoms with van der Waals surface area (Å²) in [6.07, 6.45) is 2.55. The van der Waals surface area contributed by atoms with Gasteiger partial charge in [-0.2, -0.15) is 0 Å². The maximum atomic E-state index is 13.0. The minimum atomic E-state index is -0.688. The van der Waals surface area contributed by atoms with Gasteiger partial charge in [0, 0.05) is 12.6 Å². The Kier molecular flexibility index (Phi) is 5.48. The van der Waals surface area contributed by atoms with Crippen LogP contribution in [-0.4, -0.2) is 25.3 Å². The van der Waals surface area contributed by atoms with E-state index in [0.717, 1.165) is 11.6 Å². The molecule has 0 bridgehead atoms. The lowest BCUT2D eigenvalue weighted by molar-refractivity contribution is -0.143. The van der Waals surface area contributed by atoms with Gasteiger partial charge in [0.05, 0.1) is 0 Å². The summed E-state index contributed by atoms with van der Waals surface area (Å²) >= 11 is 0. The van der Waals surface area contributed by atoms with Crippen molar-refractivity contribution in [2.45, 2.75) is 6.54 Å². The third-order valence-electron chi connectivity index (χ3n) is 3.53. The van der Waals surface area contributed by atoms with E-state index < -0.39 is 24.3 Å². The molecule has 0 saturated carbocycles. The Bertz CT molecular complexity index is 850. The molecule has 2 aromatic rings. The van der Waals surface area contributed by atoms with Crippen molar-refractivity contribution >= 4 is 18.0 Å². The van der Waals surface area contributed by atoms with Crippen molar-refractivity contribution in [3.63, 3.8) is 0 Å². The maximum absolute atomic E-state index is 13.0. The predicted octanol–water partition coefficient (Wildman–Crippen LogP) is 2.43. The second kappa shape index (κ2) is 8.15. The number of esters is 1. The minimum Gasteiger partial charge on any atom is -0.454 e. The fourth-order valence-electron chi connectivity index (χ4n) is 2.26. The van der Waals surface area contributed by atoms with E-state index in [1.807, 2.05) is 6.07 Å². The van der Waals surface area contributed by atoms with Crippen LogP contribution in [0, 0.1) is 5.82 Å². The molecule has 1 N–H and O–H groups in total. The van der Waals surface area contributed by atoms with Crippen molar-refractivity contribution in [3.05, 3.63) is 65.5 Å². The number of fused-ring (bicyclic) bond motifs is 1. The highest BCUT2D eigenvalue weighted by Gasteiger charge is 2.13. The van der Waals surface area contributed by atoms with Crippen molar-refractivity contribution < 1.29 is 28.2 Å². The Labute approximate surface area is 149 Å². The standard InChI is InChI=1S/C19H16FNO5/c20-15-3-1-2-13(8-15)5-7-19(23)24-11-18(22)21-10-14-4-6-16-17(9-14)26-12-25-16/h1-9H,10-12H2,(H,21,22)/b7-5+. The molecule has 0 spiro atoms.